The Balaban J connectivity index is 3.90. The van der Waals surface area contributed by atoms with Crippen LogP contribution < -0.4 is 5.32 Å². The van der Waals surface area contributed by atoms with Crippen molar-refractivity contribution in [3.63, 3.8) is 0 Å². The molecule has 15 heavy (non-hydrogen) atoms. The summed E-state index contributed by atoms with van der Waals surface area (Å²) in [4.78, 5) is 0. The van der Waals surface area contributed by atoms with Gasteiger partial charge in [0.05, 0.1) is 6.07 Å². The highest BCUT2D eigenvalue weighted by Crippen LogP contribution is 2.24. The van der Waals surface area contributed by atoms with E-state index in [1.807, 2.05) is 5.32 Å². The zero-order chi connectivity index (χ0) is 12.1. The quantitative estimate of drug-likeness (QED) is 0.692. The normalized spacial score (nSPS) is 16.1. The number of nitriles is 1. The van der Waals surface area contributed by atoms with Crippen molar-refractivity contribution in [2.45, 2.75) is 18.7 Å². The Kier molecular flexibility index (Phi) is 5.46. The van der Waals surface area contributed by atoms with Crippen molar-refractivity contribution in [1.29, 1.82) is 5.26 Å². The van der Waals surface area contributed by atoms with Crippen molar-refractivity contribution in [2.75, 3.05) is 13.1 Å². The first kappa shape index (κ1) is 14.1. The zero-order valence-electron chi connectivity index (χ0n) is 7.43. The van der Waals surface area contributed by atoms with Crippen molar-refractivity contribution >= 4 is 0 Å². The number of hydrogen-bond acceptors (Lipinski definition) is 3. The molecule has 2 atom stereocenters. The monoisotopic (exact) mass is 232 g/mol. The Hall–Kier alpha value is -0.940. The summed E-state index contributed by atoms with van der Waals surface area (Å²) >= 11 is 0. The van der Waals surface area contributed by atoms with Gasteiger partial charge in [0.1, 0.15) is 6.10 Å². The molecule has 0 aliphatic heterocycles. The molecule has 0 radical (unpaired) electrons. The van der Waals surface area contributed by atoms with Gasteiger partial charge in [0.2, 0.25) is 0 Å². The fraction of sp³-hybridized carbons (Fsp3) is 0.857. The number of rotatable bonds is 5. The fourth-order valence-electron chi connectivity index (χ4n) is 0.699. The Morgan fingerprint density at radius 1 is 1.27 bits per heavy atom. The number of alkyl halides is 5. The van der Waals surface area contributed by atoms with E-state index in [9.17, 15) is 22.0 Å². The van der Waals surface area contributed by atoms with Crippen molar-refractivity contribution in [1.82, 2.24) is 5.32 Å². The molecule has 0 spiro atoms. The van der Waals surface area contributed by atoms with Crippen LogP contribution in [0.3, 0.4) is 0 Å². The first-order valence-electron chi connectivity index (χ1n) is 3.92. The van der Waals surface area contributed by atoms with Gasteiger partial charge >= 0.3 is 6.18 Å². The van der Waals surface area contributed by atoms with Gasteiger partial charge in [-0.3, -0.25) is 0 Å². The maximum Gasteiger partial charge on any atom is 0.405 e. The summed E-state index contributed by atoms with van der Waals surface area (Å²) in [6, 6.07) is 0.988. The average molecular weight is 232 g/mol. The van der Waals surface area contributed by atoms with E-state index >= 15 is 0 Å². The molecule has 0 amide bonds. The van der Waals surface area contributed by atoms with Crippen molar-refractivity contribution in [3.05, 3.63) is 0 Å². The van der Waals surface area contributed by atoms with Crippen molar-refractivity contribution in [3.8, 4) is 6.07 Å². The molecule has 3 nitrogen and oxygen atoms in total. The Bertz CT molecular complexity index is 224. The van der Waals surface area contributed by atoms with Crippen LogP contribution in [-0.2, 0) is 0 Å². The summed E-state index contributed by atoms with van der Waals surface area (Å²) in [7, 11) is 0. The van der Waals surface area contributed by atoms with Gasteiger partial charge in [0, 0.05) is 13.1 Å². The molecule has 0 heterocycles. The molecule has 0 bridgehead atoms. The highest BCUT2D eigenvalue weighted by Gasteiger charge is 2.39. The van der Waals surface area contributed by atoms with Gasteiger partial charge < -0.3 is 10.4 Å². The van der Waals surface area contributed by atoms with Crippen molar-refractivity contribution < 1.29 is 27.1 Å². The fourth-order valence-corrected chi connectivity index (χ4v) is 0.699. The van der Waals surface area contributed by atoms with Crippen LogP contribution in [0.4, 0.5) is 22.0 Å². The summed E-state index contributed by atoms with van der Waals surface area (Å²) in [6.45, 7) is -1.50. The number of aliphatic hydroxyl groups excluding tert-OH is 1. The molecule has 0 aliphatic carbocycles. The number of aliphatic hydroxyl groups is 1. The maximum absolute atomic E-state index is 11.9. The maximum atomic E-state index is 11.9. The molecule has 0 saturated heterocycles. The molecule has 0 fully saturated rings. The summed E-state index contributed by atoms with van der Waals surface area (Å²) in [5.74, 6) is -2.26. The molecule has 0 aromatic rings. The number of nitrogens with one attached hydrogen (secondary N) is 1. The van der Waals surface area contributed by atoms with E-state index in [-0.39, 0.29) is 0 Å². The van der Waals surface area contributed by atoms with E-state index in [2.05, 4.69) is 0 Å². The second-order valence-electron chi connectivity index (χ2n) is 2.78. The number of halogens is 5. The molecule has 0 aromatic carbocycles. The molecule has 2 N–H and O–H groups in total. The lowest BCUT2D eigenvalue weighted by atomic mass is 10.1. The molecular weight excluding hydrogens is 223 g/mol. The third-order valence-corrected chi connectivity index (χ3v) is 1.54. The SMILES string of the molecule is N#CC(CNCC(O)C(F)F)C(F)(F)F. The lowest BCUT2D eigenvalue weighted by Crippen LogP contribution is -2.38. The van der Waals surface area contributed by atoms with Crippen LogP contribution >= 0.6 is 0 Å². The van der Waals surface area contributed by atoms with E-state index in [0.29, 0.717) is 0 Å². The summed E-state index contributed by atoms with van der Waals surface area (Å²) < 4.78 is 59.2. The van der Waals surface area contributed by atoms with E-state index in [1.165, 1.54) is 0 Å². The minimum absolute atomic E-state index is 0.689. The van der Waals surface area contributed by atoms with Gasteiger partial charge in [0.15, 0.2) is 5.92 Å². The highest BCUT2D eigenvalue weighted by atomic mass is 19.4. The standard InChI is InChI=1S/C7H9F5N2O/c8-6(9)5(15)3-14-2-4(1-13)7(10,11)12/h4-6,14-15H,2-3H2. The third-order valence-electron chi connectivity index (χ3n) is 1.54. The van der Waals surface area contributed by atoms with Crippen LogP contribution in [0, 0.1) is 17.2 Å². The number of nitrogens with zero attached hydrogens (tertiary/aromatic N) is 1. The van der Waals surface area contributed by atoms with Gasteiger partial charge in [0.25, 0.3) is 6.43 Å². The van der Waals surface area contributed by atoms with E-state index in [4.69, 9.17) is 10.4 Å². The van der Waals surface area contributed by atoms with Crippen LogP contribution in [0.5, 0.6) is 0 Å². The first-order chi connectivity index (χ1) is 6.79. The molecule has 8 heteroatoms. The van der Waals surface area contributed by atoms with Crippen LogP contribution in [0.25, 0.3) is 0 Å². The molecule has 0 rings (SSSR count). The minimum atomic E-state index is -4.70. The molecule has 2 unspecified atom stereocenters. The van der Waals surface area contributed by atoms with Gasteiger partial charge in [-0.05, 0) is 0 Å². The zero-order valence-corrected chi connectivity index (χ0v) is 7.43. The second kappa shape index (κ2) is 5.82. The van der Waals surface area contributed by atoms with E-state index in [1.54, 1.807) is 0 Å². The van der Waals surface area contributed by atoms with Crippen molar-refractivity contribution in [2.24, 2.45) is 5.92 Å². The smallest absolute Gasteiger partial charge is 0.386 e. The first-order valence-corrected chi connectivity index (χ1v) is 3.92. The van der Waals surface area contributed by atoms with Crippen LogP contribution in [-0.4, -0.2) is 36.9 Å². The Morgan fingerprint density at radius 3 is 2.13 bits per heavy atom. The molecule has 0 aliphatic rings. The largest absolute Gasteiger partial charge is 0.405 e. The Labute approximate surface area is 82.5 Å². The molecular formula is C7H9F5N2O. The van der Waals surface area contributed by atoms with Crippen LogP contribution in [0.2, 0.25) is 0 Å². The predicted octanol–water partition coefficient (Wildman–Crippen LogP) is 0.904. The highest BCUT2D eigenvalue weighted by molar-refractivity contribution is 4.90. The van der Waals surface area contributed by atoms with Gasteiger partial charge in [-0.15, -0.1) is 0 Å². The van der Waals surface area contributed by atoms with E-state index < -0.39 is 37.7 Å². The van der Waals surface area contributed by atoms with Gasteiger partial charge in [-0.1, -0.05) is 0 Å². The summed E-state index contributed by atoms with van der Waals surface area (Å²) in [6.07, 6.45) is -9.75. The molecule has 88 valence electrons. The van der Waals surface area contributed by atoms with Crippen LogP contribution in [0.15, 0.2) is 0 Å². The molecule has 0 aromatic heterocycles. The topological polar surface area (TPSA) is 56.0 Å². The third kappa shape index (κ3) is 5.49. The molecule has 0 saturated carbocycles. The van der Waals surface area contributed by atoms with Gasteiger partial charge in [-0.2, -0.15) is 18.4 Å². The second-order valence-corrected chi connectivity index (χ2v) is 2.78. The summed E-state index contributed by atoms with van der Waals surface area (Å²) in [5, 5.41) is 18.6. The predicted molar refractivity (Wildman–Crippen MR) is 40.0 cm³/mol. The number of hydrogen-bond donors (Lipinski definition) is 2. The van der Waals surface area contributed by atoms with E-state index in [0.717, 1.165) is 6.07 Å². The lowest BCUT2D eigenvalue weighted by Gasteiger charge is -2.15. The lowest BCUT2D eigenvalue weighted by molar-refractivity contribution is -0.158. The van der Waals surface area contributed by atoms with Gasteiger partial charge in [-0.25, -0.2) is 8.78 Å². The Morgan fingerprint density at radius 2 is 1.80 bits per heavy atom. The summed E-state index contributed by atoms with van der Waals surface area (Å²) in [5.41, 5.74) is 0. The van der Waals surface area contributed by atoms with Crippen LogP contribution in [0.1, 0.15) is 0 Å². The minimum Gasteiger partial charge on any atom is -0.386 e. The average Bonchev–Trinajstić information content (AvgIpc) is 2.09.